The molecule has 0 spiro atoms. The van der Waals surface area contributed by atoms with E-state index in [0.29, 0.717) is 18.4 Å². The minimum absolute atomic E-state index is 0.0908. The van der Waals surface area contributed by atoms with Crippen LogP contribution >= 0.6 is 0 Å². The summed E-state index contributed by atoms with van der Waals surface area (Å²) in [6, 6.07) is 0. The third kappa shape index (κ3) is 1.42. The molecule has 4 saturated carbocycles. The molecule has 0 aromatic heterocycles. The molecule has 18 heavy (non-hydrogen) atoms. The van der Waals surface area contributed by atoms with Gasteiger partial charge in [0.05, 0.1) is 18.1 Å². The van der Waals surface area contributed by atoms with Crippen molar-refractivity contribution in [2.45, 2.75) is 62.2 Å². The first-order chi connectivity index (χ1) is 8.48. The lowest BCUT2D eigenvalue weighted by atomic mass is 9.50. The Kier molecular flexibility index (Phi) is 2.05. The Morgan fingerprint density at radius 2 is 1.83 bits per heavy atom. The van der Waals surface area contributed by atoms with E-state index in [4.69, 9.17) is 0 Å². The minimum atomic E-state index is -0.530. The van der Waals surface area contributed by atoms with Crippen LogP contribution in [-0.4, -0.2) is 44.8 Å². The van der Waals surface area contributed by atoms with Crippen LogP contribution in [0.1, 0.15) is 44.9 Å². The Bertz CT molecular complexity index is 394. The van der Waals surface area contributed by atoms with Crippen molar-refractivity contribution in [3.05, 3.63) is 0 Å². The van der Waals surface area contributed by atoms with Gasteiger partial charge >= 0.3 is 0 Å². The van der Waals surface area contributed by atoms with Gasteiger partial charge < -0.3 is 15.1 Å². The van der Waals surface area contributed by atoms with Crippen molar-refractivity contribution in [1.29, 1.82) is 0 Å². The number of hydrogen-bond acceptors (Lipinski definition) is 3. The maximum Gasteiger partial charge on any atom is 0.225 e. The number of aliphatic hydroxyl groups is 2. The number of rotatable bonds is 1. The predicted octanol–water partition coefficient (Wildman–Crippen LogP) is 0.663. The summed E-state index contributed by atoms with van der Waals surface area (Å²) in [4.78, 5) is 14.0. The highest BCUT2D eigenvalue weighted by atomic mass is 16.3. The van der Waals surface area contributed by atoms with E-state index in [1.165, 1.54) is 6.42 Å². The molecule has 1 saturated heterocycles. The van der Waals surface area contributed by atoms with E-state index in [1.54, 1.807) is 0 Å². The smallest absolute Gasteiger partial charge is 0.225 e. The Morgan fingerprint density at radius 3 is 2.33 bits per heavy atom. The van der Waals surface area contributed by atoms with Gasteiger partial charge in [-0.15, -0.1) is 0 Å². The molecule has 5 rings (SSSR count). The van der Waals surface area contributed by atoms with Crippen molar-refractivity contribution < 1.29 is 15.0 Å². The van der Waals surface area contributed by atoms with E-state index in [0.717, 1.165) is 32.1 Å². The number of amides is 1. The predicted molar refractivity (Wildman–Crippen MR) is 64.7 cm³/mol. The Labute approximate surface area is 107 Å². The Morgan fingerprint density at radius 1 is 1.17 bits per heavy atom. The van der Waals surface area contributed by atoms with Gasteiger partial charge in [0.15, 0.2) is 0 Å². The van der Waals surface area contributed by atoms with Gasteiger partial charge in [-0.25, -0.2) is 0 Å². The number of hydrogen-bond donors (Lipinski definition) is 2. The standard InChI is InChI=1S/C14H21NO3/c16-11-2-12(17)15(7-11)13-3-9-1-10(4-13)6-14(18,5-9)8-13/h9-11,16,18H,1-8H2. The molecule has 5 aliphatic rings. The summed E-state index contributed by atoms with van der Waals surface area (Å²) in [5.41, 5.74) is -0.661. The highest BCUT2D eigenvalue weighted by Crippen LogP contribution is 2.59. The van der Waals surface area contributed by atoms with E-state index < -0.39 is 11.7 Å². The van der Waals surface area contributed by atoms with Crippen molar-refractivity contribution in [3.63, 3.8) is 0 Å². The number of aliphatic hydroxyl groups excluding tert-OH is 1. The topological polar surface area (TPSA) is 60.8 Å². The number of likely N-dealkylation sites (tertiary alicyclic amines) is 1. The highest BCUT2D eigenvalue weighted by Gasteiger charge is 2.60. The van der Waals surface area contributed by atoms with E-state index in [1.807, 2.05) is 4.90 Å². The van der Waals surface area contributed by atoms with Crippen LogP contribution in [0, 0.1) is 11.8 Å². The van der Waals surface area contributed by atoms with Crippen LogP contribution in [0.3, 0.4) is 0 Å². The van der Waals surface area contributed by atoms with Crippen LogP contribution in [-0.2, 0) is 4.79 Å². The number of β-amino-alcohol motifs (C(OH)–C–C–N with tert-alkyl or cyclic N) is 1. The van der Waals surface area contributed by atoms with Crippen LogP contribution in [0.25, 0.3) is 0 Å². The van der Waals surface area contributed by atoms with Crippen molar-refractivity contribution in [1.82, 2.24) is 4.90 Å². The van der Waals surface area contributed by atoms with E-state index in [9.17, 15) is 15.0 Å². The first-order valence-corrected chi connectivity index (χ1v) is 7.19. The molecular formula is C14H21NO3. The van der Waals surface area contributed by atoms with Crippen LogP contribution in [0.2, 0.25) is 0 Å². The zero-order valence-corrected chi connectivity index (χ0v) is 10.6. The maximum atomic E-state index is 12.1. The zero-order valence-electron chi connectivity index (χ0n) is 10.6. The molecule has 0 aromatic carbocycles. The monoisotopic (exact) mass is 251 g/mol. The molecule has 1 aliphatic heterocycles. The van der Waals surface area contributed by atoms with Crippen molar-refractivity contribution >= 4 is 5.91 Å². The van der Waals surface area contributed by atoms with Crippen LogP contribution in [0.5, 0.6) is 0 Å². The lowest BCUT2D eigenvalue weighted by Crippen LogP contribution is -2.65. The van der Waals surface area contributed by atoms with Gasteiger partial charge in [-0.3, -0.25) is 4.79 Å². The summed E-state index contributed by atoms with van der Waals surface area (Å²) in [6.45, 7) is 0.481. The van der Waals surface area contributed by atoms with Crippen molar-refractivity contribution in [2.24, 2.45) is 11.8 Å². The lowest BCUT2D eigenvalue weighted by molar-refractivity contribution is -0.179. The summed E-state index contributed by atoms with van der Waals surface area (Å²) in [6.07, 6.45) is 5.69. The molecule has 4 bridgehead atoms. The quantitative estimate of drug-likeness (QED) is 0.720. The first kappa shape index (κ1) is 11.2. The second kappa shape index (κ2) is 3.28. The average Bonchev–Trinajstić information content (AvgIpc) is 2.54. The molecule has 4 aliphatic carbocycles. The fourth-order valence-electron chi connectivity index (χ4n) is 5.63. The van der Waals surface area contributed by atoms with Gasteiger partial charge in [0.25, 0.3) is 0 Å². The summed E-state index contributed by atoms with van der Waals surface area (Å²) in [5.74, 6) is 1.26. The summed E-state index contributed by atoms with van der Waals surface area (Å²) in [7, 11) is 0. The molecular weight excluding hydrogens is 230 g/mol. The van der Waals surface area contributed by atoms with Crippen LogP contribution in [0.4, 0.5) is 0 Å². The van der Waals surface area contributed by atoms with E-state index in [-0.39, 0.29) is 17.9 Å². The summed E-state index contributed by atoms with van der Waals surface area (Å²) in [5, 5.41) is 20.4. The normalized spacial score (nSPS) is 54.4. The highest BCUT2D eigenvalue weighted by molar-refractivity contribution is 5.80. The third-order valence-electron chi connectivity index (χ3n) is 5.68. The maximum absolute atomic E-state index is 12.1. The van der Waals surface area contributed by atoms with Gasteiger partial charge in [0.1, 0.15) is 0 Å². The van der Waals surface area contributed by atoms with E-state index >= 15 is 0 Å². The number of carbonyl (C=O) groups excluding carboxylic acids is 1. The second-order valence-corrected chi connectivity index (χ2v) is 7.27. The molecule has 0 aromatic rings. The molecule has 0 radical (unpaired) electrons. The molecule has 5 fully saturated rings. The number of carbonyl (C=O) groups is 1. The SMILES string of the molecule is O=C1CC(O)CN1C12CC3CC(CC(O)(C3)C1)C2. The molecule has 1 amide bonds. The number of nitrogens with zero attached hydrogens (tertiary/aromatic N) is 1. The fourth-order valence-corrected chi connectivity index (χ4v) is 5.63. The summed E-state index contributed by atoms with van der Waals surface area (Å²) < 4.78 is 0. The van der Waals surface area contributed by atoms with Gasteiger partial charge in [-0.2, -0.15) is 0 Å². The largest absolute Gasteiger partial charge is 0.391 e. The Hall–Kier alpha value is -0.610. The first-order valence-electron chi connectivity index (χ1n) is 7.19. The molecule has 2 N–H and O–H groups in total. The third-order valence-corrected chi connectivity index (χ3v) is 5.68. The molecule has 100 valence electrons. The van der Waals surface area contributed by atoms with Gasteiger partial charge in [0.2, 0.25) is 5.91 Å². The van der Waals surface area contributed by atoms with Gasteiger partial charge in [0, 0.05) is 12.1 Å². The second-order valence-electron chi connectivity index (χ2n) is 7.27. The fraction of sp³-hybridized carbons (Fsp3) is 0.929. The zero-order chi connectivity index (χ0) is 12.5. The lowest BCUT2D eigenvalue weighted by Gasteiger charge is -2.62. The molecule has 1 heterocycles. The van der Waals surface area contributed by atoms with Crippen LogP contribution < -0.4 is 0 Å². The van der Waals surface area contributed by atoms with Crippen molar-refractivity contribution in [2.75, 3.05) is 6.54 Å². The summed E-state index contributed by atoms with van der Waals surface area (Å²) >= 11 is 0. The van der Waals surface area contributed by atoms with Crippen LogP contribution in [0.15, 0.2) is 0 Å². The molecule has 3 unspecified atom stereocenters. The molecule has 3 atom stereocenters. The van der Waals surface area contributed by atoms with Gasteiger partial charge in [-0.05, 0) is 50.4 Å². The van der Waals surface area contributed by atoms with Gasteiger partial charge in [-0.1, -0.05) is 0 Å². The molecule has 4 nitrogen and oxygen atoms in total. The molecule has 4 heteroatoms. The van der Waals surface area contributed by atoms with Crippen molar-refractivity contribution in [3.8, 4) is 0 Å². The van der Waals surface area contributed by atoms with E-state index in [2.05, 4.69) is 0 Å². The minimum Gasteiger partial charge on any atom is -0.391 e. The average molecular weight is 251 g/mol. The Balaban J connectivity index is 1.69.